The topological polar surface area (TPSA) is 3.24 Å². The van der Waals surface area contributed by atoms with Crippen LogP contribution in [-0.4, -0.2) is 42.4 Å². The maximum Gasteiger partial charge on any atom is 0.00979 e. The molecule has 0 aliphatic heterocycles. The van der Waals surface area contributed by atoms with Crippen LogP contribution in [0.15, 0.2) is 0 Å². The number of nitrogens with zero attached hydrogens (tertiary/aromatic N) is 1. The second kappa shape index (κ2) is 14.2. The summed E-state index contributed by atoms with van der Waals surface area (Å²) in [6.07, 6.45) is 18.8. The van der Waals surface area contributed by atoms with Gasteiger partial charge >= 0.3 is 0 Å². The van der Waals surface area contributed by atoms with Crippen molar-refractivity contribution in [2.24, 2.45) is 0 Å². The maximum absolute atomic E-state index is 2.80. The molecule has 0 heterocycles. The third-order valence-electron chi connectivity index (χ3n) is 4.98. The second-order valence-electron chi connectivity index (χ2n) is 7.10. The second-order valence-corrected chi connectivity index (χ2v) is 7.10. The molecule has 1 saturated carbocycles. The number of unbranched alkanes of at least 4 members (excludes halogenated alkanes) is 7. The van der Waals surface area contributed by atoms with Crippen LogP contribution in [0.5, 0.6) is 0 Å². The van der Waals surface area contributed by atoms with Gasteiger partial charge in [0, 0.05) is 30.9 Å². The van der Waals surface area contributed by atoms with Gasteiger partial charge in [-0.15, -0.1) is 0 Å². The summed E-state index contributed by atoms with van der Waals surface area (Å²) in [6, 6.07) is 1.64. The Labute approximate surface area is 146 Å². The molecule has 0 N–H and O–H groups in total. The van der Waals surface area contributed by atoms with E-state index in [0.717, 1.165) is 12.1 Å². The van der Waals surface area contributed by atoms with Crippen LogP contribution in [0.25, 0.3) is 0 Å². The molecule has 0 unspecified atom stereocenters. The van der Waals surface area contributed by atoms with Crippen LogP contribution in [0.1, 0.15) is 104 Å². The molecule has 1 rings (SSSR count). The molecule has 1 nitrogen and oxygen atoms in total. The summed E-state index contributed by atoms with van der Waals surface area (Å²) < 4.78 is 0. The Hall–Kier alpha value is 0.557. The smallest absolute Gasteiger partial charge is 0.00979 e. The Morgan fingerprint density at radius 1 is 0.810 bits per heavy atom. The molecule has 0 aromatic rings. The molecule has 1 aliphatic carbocycles. The molecule has 2 heteroatoms. The third-order valence-corrected chi connectivity index (χ3v) is 4.98. The van der Waals surface area contributed by atoms with E-state index in [1.807, 2.05) is 0 Å². The zero-order valence-electron chi connectivity index (χ0n) is 15.5. The standard InChI is InChI=1S/C19H39N.Li/c1-4-5-6-7-8-9-10-14-17-20(18(2)3)19-15-12-11-13-16-19;/h18-19H,4-17H2,1-3H3;. The van der Waals surface area contributed by atoms with Gasteiger partial charge in [0.05, 0.1) is 0 Å². The van der Waals surface area contributed by atoms with Crippen molar-refractivity contribution in [1.82, 2.24) is 4.90 Å². The van der Waals surface area contributed by atoms with E-state index in [1.165, 1.54) is 90.0 Å². The number of hydrogen-bond acceptors (Lipinski definition) is 1. The zero-order chi connectivity index (χ0) is 14.6. The molecule has 21 heavy (non-hydrogen) atoms. The van der Waals surface area contributed by atoms with Crippen molar-refractivity contribution in [2.75, 3.05) is 6.54 Å². The predicted molar refractivity (Wildman–Crippen MR) is 97.1 cm³/mol. The Kier molecular flexibility index (Phi) is 14.5. The van der Waals surface area contributed by atoms with Crippen LogP contribution in [0.4, 0.5) is 0 Å². The summed E-state index contributed by atoms with van der Waals surface area (Å²) in [5.74, 6) is 0. The minimum Gasteiger partial charge on any atom is -0.298 e. The van der Waals surface area contributed by atoms with E-state index >= 15 is 0 Å². The first kappa shape index (κ1) is 21.6. The fourth-order valence-electron chi connectivity index (χ4n) is 3.70. The molecule has 0 amide bonds. The van der Waals surface area contributed by atoms with Gasteiger partial charge in [-0.2, -0.15) is 0 Å². The van der Waals surface area contributed by atoms with Gasteiger partial charge in [0.1, 0.15) is 0 Å². The molecule has 1 radical (unpaired) electrons. The van der Waals surface area contributed by atoms with Crippen LogP contribution >= 0.6 is 0 Å². The van der Waals surface area contributed by atoms with Crippen LogP contribution in [0.2, 0.25) is 0 Å². The molecule has 0 aromatic carbocycles. The monoisotopic (exact) mass is 288 g/mol. The average Bonchev–Trinajstić information content (AvgIpc) is 2.46. The van der Waals surface area contributed by atoms with Gasteiger partial charge in [-0.1, -0.05) is 71.1 Å². The zero-order valence-corrected chi connectivity index (χ0v) is 15.5. The van der Waals surface area contributed by atoms with Gasteiger partial charge in [-0.3, -0.25) is 4.90 Å². The molecule has 1 aliphatic rings. The van der Waals surface area contributed by atoms with Crippen molar-refractivity contribution >= 4 is 18.9 Å². The molecular weight excluding hydrogens is 249 g/mol. The first-order chi connectivity index (χ1) is 9.75. The van der Waals surface area contributed by atoms with Gasteiger partial charge < -0.3 is 0 Å². The SMILES string of the molecule is CCCCCCCCCCN(C(C)C)C1CCCCC1.[Li]. The minimum atomic E-state index is 0. The van der Waals surface area contributed by atoms with Crippen molar-refractivity contribution in [1.29, 1.82) is 0 Å². The molecule has 1 fully saturated rings. The maximum atomic E-state index is 2.80. The minimum absolute atomic E-state index is 0. The Balaban J connectivity index is 0.00000400. The summed E-state index contributed by atoms with van der Waals surface area (Å²) in [5, 5.41) is 0. The predicted octanol–water partition coefficient (Wildman–Crippen LogP) is 5.79. The van der Waals surface area contributed by atoms with E-state index < -0.39 is 0 Å². The van der Waals surface area contributed by atoms with Crippen molar-refractivity contribution in [3.8, 4) is 0 Å². The number of rotatable bonds is 11. The van der Waals surface area contributed by atoms with Gasteiger partial charge in [0.15, 0.2) is 0 Å². The van der Waals surface area contributed by atoms with Crippen molar-refractivity contribution in [3.05, 3.63) is 0 Å². The van der Waals surface area contributed by atoms with Crippen LogP contribution in [0, 0.1) is 0 Å². The average molecular weight is 288 g/mol. The van der Waals surface area contributed by atoms with E-state index in [4.69, 9.17) is 0 Å². The summed E-state index contributed by atoms with van der Waals surface area (Å²) in [5.41, 5.74) is 0. The van der Waals surface area contributed by atoms with Crippen molar-refractivity contribution < 1.29 is 0 Å². The van der Waals surface area contributed by atoms with Gasteiger partial charge in [-0.05, 0) is 39.7 Å². The van der Waals surface area contributed by atoms with E-state index in [1.54, 1.807) is 0 Å². The van der Waals surface area contributed by atoms with E-state index in [-0.39, 0.29) is 18.9 Å². The first-order valence-electron chi connectivity index (χ1n) is 9.51. The quantitative estimate of drug-likeness (QED) is 0.343. The fourth-order valence-corrected chi connectivity index (χ4v) is 3.70. The van der Waals surface area contributed by atoms with E-state index in [0.29, 0.717) is 0 Å². The molecular formula is C19H39LiN. The first-order valence-corrected chi connectivity index (χ1v) is 9.51. The molecule has 121 valence electrons. The van der Waals surface area contributed by atoms with Crippen LogP contribution in [-0.2, 0) is 0 Å². The fraction of sp³-hybridized carbons (Fsp3) is 1.00. The Morgan fingerprint density at radius 3 is 1.86 bits per heavy atom. The van der Waals surface area contributed by atoms with E-state index in [2.05, 4.69) is 25.7 Å². The van der Waals surface area contributed by atoms with Gasteiger partial charge in [0.25, 0.3) is 0 Å². The molecule has 0 aromatic heterocycles. The Bertz CT molecular complexity index is 212. The summed E-state index contributed by atoms with van der Waals surface area (Å²) in [4.78, 5) is 2.80. The summed E-state index contributed by atoms with van der Waals surface area (Å²) >= 11 is 0. The van der Waals surface area contributed by atoms with Crippen molar-refractivity contribution in [3.63, 3.8) is 0 Å². The summed E-state index contributed by atoms with van der Waals surface area (Å²) in [7, 11) is 0. The molecule has 0 bridgehead atoms. The Morgan fingerprint density at radius 2 is 1.33 bits per heavy atom. The largest absolute Gasteiger partial charge is 0.298 e. The van der Waals surface area contributed by atoms with Gasteiger partial charge in [-0.25, -0.2) is 0 Å². The number of hydrogen-bond donors (Lipinski definition) is 0. The molecule has 0 atom stereocenters. The van der Waals surface area contributed by atoms with Crippen molar-refractivity contribution in [2.45, 2.75) is 116 Å². The normalized spacial score (nSPS) is 16.4. The molecule has 0 spiro atoms. The van der Waals surface area contributed by atoms with Crippen LogP contribution in [0.3, 0.4) is 0 Å². The molecule has 0 saturated heterocycles. The van der Waals surface area contributed by atoms with Crippen LogP contribution < -0.4 is 0 Å². The third kappa shape index (κ3) is 10.0. The summed E-state index contributed by atoms with van der Waals surface area (Å²) in [6.45, 7) is 8.42. The van der Waals surface area contributed by atoms with Gasteiger partial charge in [0.2, 0.25) is 0 Å². The van der Waals surface area contributed by atoms with E-state index in [9.17, 15) is 0 Å².